The highest BCUT2D eigenvalue weighted by molar-refractivity contribution is 7.21. The van der Waals surface area contributed by atoms with E-state index in [-0.39, 0.29) is 17.8 Å². The standard InChI is InChI=1S/C17H17FN4O2S/c1-9-13-5-11(18)3-4-15(13)25-16(9)17(24)21-6-12(7-21)22-8-14(10(2)23)19-20-22/h3-5,8,10,12,23H,6-7H2,1-2H3. The number of thiophene rings is 1. The van der Waals surface area contributed by atoms with Crippen molar-refractivity contribution in [3.05, 3.63) is 46.3 Å². The molecule has 1 unspecified atom stereocenters. The van der Waals surface area contributed by atoms with Crippen LogP contribution in [0.25, 0.3) is 10.1 Å². The maximum Gasteiger partial charge on any atom is 0.264 e. The van der Waals surface area contributed by atoms with E-state index in [0.717, 1.165) is 15.6 Å². The maximum absolute atomic E-state index is 13.4. The van der Waals surface area contributed by atoms with E-state index < -0.39 is 6.10 Å². The second-order valence-corrected chi connectivity index (χ2v) is 7.41. The quantitative estimate of drug-likeness (QED) is 0.780. The largest absolute Gasteiger partial charge is 0.387 e. The molecule has 1 amide bonds. The Hall–Kier alpha value is -2.32. The van der Waals surface area contributed by atoms with Crippen LogP contribution in [0.5, 0.6) is 0 Å². The molecule has 0 aliphatic carbocycles. The Morgan fingerprint density at radius 1 is 1.44 bits per heavy atom. The Labute approximate surface area is 147 Å². The number of carbonyl (C=O) groups is 1. The molecule has 1 N–H and O–H groups in total. The van der Waals surface area contributed by atoms with Crippen molar-refractivity contribution in [2.24, 2.45) is 0 Å². The number of aryl methyl sites for hydroxylation is 1. The van der Waals surface area contributed by atoms with Crippen LogP contribution in [0.1, 0.15) is 40.0 Å². The van der Waals surface area contributed by atoms with Crippen LogP contribution in [0.15, 0.2) is 24.4 Å². The molecule has 0 saturated carbocycles. The number of aliphatic hydroxyl groups is 1. The van der Waals surface area contributed by atoms with E-state index in [1.807, 2.05) is 6.92 Å². The average molecular weight is 360 g/mol. The van der Waals surface area contributed by atoms with E-state index >= 15 is 0 Å². The van der Waals surface area contributed by atoms with Crippen LogP contribution in [-0.2, 0) is 0 Å². The van der Waals surface area contributed by atoms with Crippen molar-refractivity contribution in [3.8, 4) is 0 Å². The van der Waals surface area contributed by atoms with Crippen molar-refractivity contribution in [1.29, 1.82) is 0 Å². The third kappa shape index (κ3) is 2.71. The van der Waals surface area contributed by atoms with E-state index in [0.29, 0.717) is 23.7 Å². The number of benzene rings is 1. The molecule has 0 bridgehead atoms. The molecule has 1 atom stereocenters. The van der Waals surface area contributed by atoms with Crippen molar-refractivity contribution in [1.82, 2.24) is 19.9 Å². The number of aliphatic hydroxyl groups excluding tert-OH is 1. The van der Waals surface area contributed by atoms with Crippen molar-refractivity contribution in [2.75, 3.05) is 13.1 Å². The lowest BCUT2D eigenvalue weighted by atomic mass is 10.1. The second-order valence-electron chi connectivity index (χ2n) is 6.36. The lowest BCUT2D eigenvalue weighted by Crippen LogP contribution is -2.50. The van der Waals surface area contributed by atoms with Crippen LogP contribution in [0.4, 0.5) is 4.39 Å². The van der Waals surface area contributed by atoms with Gasteiger partial charge in [0.25, 0.3) is 5.91 Å². The number of halogens is 1. The molecule has 1 fully saturated rings. The van der Waals surface area contributed by atoms with Gasteiger partial charge in [0.2, 0.25) is 0 Å². The molecule has 1 aliphatic rings. The highest BCUT2D eigenvalue weighted by atomic mass is 32.1. The fraction of sp³-hybridized carbons (Fsp3) is 0.353. The molecular weight excluding hydrogens is 343 g/mol. The number of likely N-dealkylation sites (tertiary alicyclic amines) is 1. The molecule has 25 heavy (non-hydrogen) atoms. The summed E-state index contributed by atoms with van der Waals surface area (Å²) >= 11 is 1.40. The SMILES string of the molecule is Cc1c(C(=O)N2CC(n3cc(C(C)O)nn3)C2)sc2ccc(F)cc12. The molecule has 8 heteroatoms. The van der Waals surface area contributed by atoms with Gasteiger partial charge in [0.15, 0.2) is 0 Å². The van der Waals surface area contributed by atoms with Gasteiger partial charge in [-0.15, -0.1) is 16.4 Å². The number of carbonyl (C=O) groups excluding carboxylic acids is 1. The van der Waals surface area contributed by atoms with Gasteiger partial charge in [0.05, 0.1) is 23.2 Å². The van der Waals surface area contributed by atoms with Gasteiger partial charge in [-0.3, -0.25) is 4.79 Å². The Morgan fingerprint density at radius 3 is 2.88 bits per heavy atom. The van der Waals surface area contributed by atoms with Gasteiger partial charge in [0.1, 0.15) is 11.5 Å². The lowest BCUT2D eigenvalue weighted by Gasteiger charge is -2.38. The third-order valence-electron chi connectivity index (χ3n) is 4.57. The number of fused-ring (bicyclic) bond motifs is 1. The highest BCUT2D eigenvalue weighted by Gasteiger charge is 2.35. The summed E-state index contributed by atoms with van der Waals surface area (Å²) in [6.45, 7) is 4.58. The average Bonchev–Trinajstić information content (AvgIpc) is 3.12. The first-order chi connectivity index (χ1) is 11.9. The first kappa shape index (κ1) is 16.2. The fourth-order valence-corrected chi connectivity index (χ4v) is 4.15. The zero-order valence-electron chi connectivity index (χ0n) is 13.8. The van der Waals surface area contributed by atoms with E-state index in [1.54, 1.807) is 28.8 Å². The lowest BCUT2D eigenvalue weighted by molar-refractivity contribution is 0.0502. The summed E-state index contributed by atoms with van der Waals surface area (Å²) < 4.78 is 16.0. The molecule has 0 radical (unpaired) electrons. The monoisotopic (exact) mass is 360 g/mol. The summed E-state index contributed by atoms with van der Waals surface area (Å²) in [4.78, 5) is 15.2. The number of rotatable bonds is 3. The Morgan fingerprint density at radius 2 is 2.20 bits per heavy atom. The molecule has 1 aliphatic heterocycles. The van der Waals surface area contributed by atoms with Crippen LogP contribution >= 0.6 is 11.3 Å². The predicted molar refractivity (Wildman–Crippen MR) is 92.1 cm³/mol. The van der Waals surface area contributed by atoms with Crippen LogP contribution < -0.4 is 0 Å². The minimum Gasteiger partial charge on any atom is -0.387 e. The van der Waals surface area contributed by atoms with Crippen LogP contribution in [0, 0.1) is 12.7 Å². The first-order valence-electron chi connectivity index (χ1n) is 8.01. The van der Waals surface area contributed by atoms with Crippen molar-refractivity contribution in [3.63, 3.8) is 0 Å². The predicted octanol–water partition coefficient (Wildman–Crippen LogP) is 2.69. The highest BCUT2D eigenvalue weighted by Crippen LogP contribution is 2.34. The zero-order valence-corrected chi connectivity index (χ0v) is 14.6. The molecule has 3 aromatic rings. The molecule has 1 saturated heterocycles. The van der Waals surface area contributed by atoms with Gasteiger partial charge in [0, 0.05) is 17.8 Å². The van der Waals surface area contributed by atoms with Crippen molar-refractivity contribution >= 4 is 27.3 Å². The smallest absolute Gasteiger partial charge is 0.264 e. The van der Waals surface area contributed by atoms with E-state index in [4.69, 9.17) is 0 Å². The van der Waals surface area contributed by atoms with Gasteiger partial charge in [-0.05, 0) is 43.0 Å². The van der Waals surface area contributed by atoms with Gasteiger partial charge in [-0.2, -0.15) is 0 Å². The zero-order chi connectivity index (χ0) is 17.7. The summed E-state index contributed by atoms with van der Waals surface area (Å²) in [6.07, 6.45) is 1.05. The number of amides is 1. The van der Waals surface area contributed by atoms with Crippen LogP contribution in [0.3, 0.4) is 0 Å². The van der Waals surface area contributed by atoms with Gasteiger partial charge < -0.3 is 10.0 Å². The van der Waals surface area contributed by atoms with Crippen LogP contribution in [0.2, 0.25) is 0 Å². The normalized spacial score (nSPS) is 16.2. The Bertz CT molecular complexity index is 959. The van der Waals surface area contributed by atoms with Crippen molar-refractivity contribution < 1.29 is 14.3 Å². The summed E-state index contributed by atoms with van der Waals surface area (Å²) in [5.74, 6) is -0.331. The molecule has 4 rings (SSSR count). The first-order valence-corrected chi connectivity index (χ1v) is 8.83. The van der Waals surface area contributed by atoms with E-state index in [2.05, 4.69) is 10.3 Å². The second kappa shape index (κ2) is 5.89. The molecule has 1 aromatic carbocycles. The van der Waals surface area contributed by atoms with Crippen LogP contribution in [-0.4, -0.2) is 44.0 Å². The minimum absolute atomic E-state index is 0.0359. The fourth-order valence-electron chi connectivity index (χ4n) is 2.99. The Kier molecular flexibility index (Phi) is 3.81. The number of nitrogens with zero attached hydrogens (tertiary/aromatic N) is 4. The number of hydrogen-bond acceptors (Lipinski definition) is 5. The molecular formula is C17H17FN4O2S. The van der Waals surface area contributed by atoms with Gasteiger partial charge >= 0.3 is 0 Å². The minimum atomic E-state index is -0.659. The summed E-state index contributed by atoms with van der Waals surface area (Å²) in [6, 6.07) is 4.67. The molecule has 3 heterocycles. The summed E-state index contributed by atoms with van der Waals surface area (Å²) in [5, 5.41) is 18.2. The maximum atomic E-state index is 13.4. The topological polar surface area (TPSA) is 71.2 Å². The molecule has 0 spiro atoms. The molecule has 6 nitrogen and oxygen atoms in total. The number of hydrogen-bond donors (Lipinski definition) is 1. The van der Waals surface area contributed by atoms with Crippen molar-refractivity contribution in [2.45, 2.75) is 26.0 Å². The molecule has 2 aromatic heterocycles. The third-order valence-corrected chi connectivity index (χ3v) is 5.83. The number of aromatic nitrogens is 3. The summed E-state index contributed by atoms with van der Waals surface area (Å²) in [7, 11) is 0. The van der Waals surface area contributed by atoms with Gasteiger partial charge in [-0.25, -0.2) is 9.07 Å². The molecule has 130 valence electrons. The Balaban J connectivity index is 1.50. The van der Waals surface area contributed by atoms with E-state index in [1.165, 1.54) is 23.5 Å². The van der Waals surface area contributed by atoms with Gasteiger partial charge in [-0.1, -0.05) is 5.21 Å². The van der Waals surface area contributed by atoms with E-state index in [9.17, 15) is 14.3 Å². The summed E-state index contributed by atoms with van der Waals surface area (Å²) in [5.41, 5.74) is 1.34.